The Morgan fingerprint density at radius 2 is 0.844 bits per heavy atom. The van der Waals surface area contributed by atoms with Gasteiger partial charge in [-0.15, -0.1) is 12.6 Å². The average Bonchev–Trinajstić information content (AvgIpc) is 3.12. The molecule has 37 heteroatoms. The zero-order valence-corrected chi connectivity index (χ0v) is 37.0. The van der Waals surface area contributed by atoms with Gasteiger partial charge in [0.1, 0.15) is 49.3 Å². The van der Waals surface area contributed by atoms with Gasteiger partial charge in [-0.25, -0.2) is 69.0 Å². The first-order valence-electron chi connectivity index (χ1n) is 14.2. The van der Waals surface area contributed by atoms with E-state index in [0.717, 1.165) is 12.1 Å². The van der Waals surface area contributed by atoms with Crippen molar-refractivity contribution in [3.05, 3.63) is 108 Å². The molecule has 15 nitrogen and oxygen atoms in total. The molecule has 4 rings (SSSR count). The Morgan fingerprint density at radius 1 is 0.547 bits per heavy atom. The summed E-state index contributed by atoms with van der Waals surface area (Å²) in [5.41, 5.74) is -17.0. The lowest BCUT2D eigenvalue weighted by Gasteiger charge is -2.09. The molecule has 0 aliphatic carbocycles. The van der Waals surface area contributed by atoms with Gasteiger partial charge in [-0.2, -0.15) is 43.2 Å². The summed E-state index contributed by atoms with van der Waals surface area (Å²) in [6.45, 7) is 0. The van der Waals surface area contributed by atoms with Crippen LogP contribution in [0.3, 0.4) is 0 Å². The molecule has 4 aromatic carbocycles. The number of thiol groups is 1. The van der Waals surface area contributed by atoms with Crippen molar-refractivity contribution in [3.63, 3.8) is 0 Å². The fraction of sp³-hybridized carbons (Fsp3) is 0.111. The van der Waals surface area contributed by atoms with Crippen molar-refractivity contribution >= 4 is 95.1 Å². The van der Waals surface area contributed by atoms with Gasteiger partial charge >= 0.3 is 16.5 Å². The van der Waals surface area contributed by atoms with Gasteiger partial charge in [-0.05, 0) is 60.7 Å². The summed E-state index contributed by atoms with van der Waals surface area (Å²) in [4.78, 5) is -6.43. The van der Waals surface area contributed by atoms with Crippen molar-refractivity contribution < 1.29 is 112 Å². The Hall–Kier alpha value is -3.36. The van der Waals surface area contributed by atoms with Gasteiger partial charge in [0.2, 0.25) is 10.0 Å². The lowest BCUT2D eigenvalue weighted by atomic mass is 10.3. The summed E-state index contributed by atoms with van der Waals surface area (Å²) in [7, 11) is -21.7. The van der Waals surface area contributed by atoms with Crippen LogP contribution in [-0.2, 0) is 63.7 Å². The van der Waals surface area contributed by atoms with Crippen LogP contribution < -0.4 is 11.3 Å². The van der Waals surface area contributed by atoms with Crippen molar-refractivity contribution in [1.82, 2.24) is 6.15 Å². The van der Waals surface area contributed by atoms with E-state index < -0.39 is 118 Å². The summed E-state index contributed by atoms with van der Waals surface area (Å²) in [6.07, 6.45) is 0. The normalized spacial score (nSPS) is 12.8. The number of alkyl halides is 9. The second-order valence-corrected chi connectivity index (χ2v) is 21.4. The van der Waals surface area contributed by atoms with E-state index in [9.17, 15) is 99.2 Å². The minimum atomic E-state index is -5.99. The summed E-state index contributed by atoms with van der Waals surface area (Å²) < 4.78 is 290. The fourth-order valence-electron chi connectivity index (χ4n) is 3.20. The maximum absolute atomic E-state index is 13.1. The van der Waals surface area contributed by atoms with Crippen LogP contribution in [0.2, 0.25) is 0 Å². The average molecular weight is 1120 g/mol. The van der Waals surface area contributed by atoms with Gasteiger partial charge in [0.15, 0.2) is 0 Å². The molecule has 4 aromatic rings. The molecule has 0 aromatic heterocycles. The van der Waals surface area contributed by atoms with Crippen molar-refractivity contribution in [2.24, 2.45) is 5.14 Å². The number of primary sulfonamides is 1. The number of hydrogen-bond acceptors (Lipinski definition) is 15. The molecule has 0 heterocycles. The lowest BCUT2D eigenvalue weighted by Crippen LogP contribution is -2.25. The summed E-state index contributed by atoms with van der Waals surface area (Å²) in [5.74, 6) is -5.13. The van der Waals surface area contributed by atoms with Crippen LogP contribution in [0.4, 0.5) is 57.1 Å². The zero-order chi connectivity index (χ0) is 50.0. The molecular formula is C27H20Cl2F13N2O13S7-. The van der Waals surface area contributed by atoms with Gasteiger partial charge in [-0.1, -0.05) is 24.3 Å². The van der Waals surface area contributed by atoms with E-state index in [1.807, 2.05) is 0 Å². The van der Waals surface area contributed by atoms with E-state index >= 15 is 0 Å². The first-order valence-corrected chi connectivity index (χ1v) is 24.2. The molecule has 0 saturated carbocycles. The van der Waals surface area contributed by atoms with Crippen molar-refractivity contribution in [2.75, 3.05) is 0 Å². The van der Waals surface area contributed by atoms with E-state index in [-0.39, 0.29) is 36.2 Å². The number of sulfonamides is 1. The second-order valence-electron chi connectivity index (χ2n) is 10.2. The highest BCUT2D eigenvalue weighted by atomic mass is 35.7. The number of benzene rings is 4. The topological polar surface area (TPSA) is 281 Å². The van der Waals surface area contributed by atoms with Crippen molar-refractivity contribution in [3.8, 4) is 0 Å². The number of sulfone groups is 3. The molecule has 0 fully saturated rings. The second kappa shape index (κ2) is 23.9. The Kier molecular flexibility index (Phi) is 23.4. The van der Waals surface area contributed by atoms with E-state index in [2.05, 4.69) is 33.4 Å². The van der Waals surface area contributed by atoms with E-state index in [1.165, 1.54) is 6.07 Å². The quantitative estimate of drug-likeness (QED) is 0.0748. The third-order valence-electron chi connectivity index (χ3n) is 5.94. The first-order chi connectivity index (χ1) is 28.1. The Balaban J connectivity index is 0. The largest absolute Gasteiger partial charge is 0.749 e. The summed E-state index contributed by atoms with van der Waals surface area (Å²) in [6, 6.07) is 11.4. The van der Waals surface area contributed by atoms with Crippen LogP contribution in [-0.4, -0.2) is 67.4 Å². The minimum Gasteiger partial charge on any atom is -0.749 e. The summed E-state index contributed by atoms with van der Waals surface area (Å²) >= 11 is 5.49. The molecule has 0 bridgehead atoms. The molecule has 0 aliphatic rings. The maximum Gasteiger partial charge on any atom is 0.502 e. The molecule has 1 unspecified atom stereocenters. The van der Waals surface area contributed by atoms with Gasteiger partial charge in [0.25, 0.3) is 38.6 Å². The monoisotopic (exact) mass is 1120 g/mol. The first kappa shape index (κ1) is 62.7. The van der Waals surface area contributed by atoms with E-state index in [0.29, 0.717) is 29.2 Å². The van der Waals surface area contributed by atoms with Gasteiger partial charge < -0.3 is 10.7 Å². The van der Waals surface area contributed by atoms with Crippen molar-refractivity contribution in [2.45, 2.75) is 45.9 Å². The standard InChI is InChI=1S/C7H3ClF4O4S2.C7H5F4NO4S2.C7H4F4O2S.C6H5FS.ClHO3S.H3N/c8-18(15,16)4-1-2-5(9)6(3-4)17(13,14)7(10,11)12;8-5-2-1-4(18(12,15)16)3-6(5)17(13,14)7(9,10)11;8-5-3-1-2-4-6(5)14(12,13)7(9,10)11;7-5-3-1-2-4-6(5)8;1-4-5(2)3;/h1-3H;1-3H,(H2,12,15,16);1-4H;1-4,8H;(H,2,3);1H3/p-1. The molecule has 0 spiro atoms. The molecule has 0 radical (unpaired) electrons. The molecule has 1 atom stereocenters. The predicted molar refractivity (Wildman–Crippen MR) is 198 cm³/mol. The van der Waals surface area contributed by atoms with Crippen LogP contribution in [0, 0.1) is 23.3 Å². The maximum atomic E-state index is 13.1. The third-order valence-corrected chi connectivity index (χ3v) is 13.5. The SMILES string of the molecule is Fc1ccccc1S.N.NS(=O)(=O)c1ccc(F)c(S(=O)(=O)C(F)(F)F)c1.O=S(=O)(Cl)c1ccc(F)c(S(=O)(=O)C(F)(F)F)c1.O=S(=O)(c1ccccc1F)C(F)(F)F.O=S([O-])OCl. The predicted octanol–water partition coefficient (Wildman–Crippen LogP) is 7.16. The smallest absolute Gasteiger partial charge is 0.502 e. The third kappa shape index (κ3) is 18.1. The van der Waals surface area contributed by atoms with E-state index in [4.69, 9.17) is 19.4 Å². The van der Waals surface area contributed by atoms with Gasteiger partial charge in [0.05, 0.1) is 21.7 Å². The Labute approximate surface area is 370 Å². The number of nitrogens with two attached hydrogens (primary N) is 1. The highest BCUT2D eigenvalue weighted by molar-refractivity contribution is 8.13. The van der Waals surface area contributed by atoms with Crippen LogP contribution >= 0.6 is 35.2 Å². The number of hydrogen-bond donors (Lipinski definition) is 3. The molecule has 64 heavy (non-hydrogen) atoms. The van der Waals surface area contributed by atoms with Crippen LogP contribution in [0.25, 0.3) is 0 Å². The fourth-order valence-corrected chi connectivity index (χ4v) is 7.37. The Bertz CT molecular complexity index is 2690. The molecule has 364 valence electrons. The molecule has 0 saturated heterocycles. The highest BCUT2D eigenvalue weighted by Crippen LogP contribution is 2.35. The molecule has 0 amide bonds. The zero-order valence-electron chi connectivity index (χ0n) is 29.7. The number of rotatable bonds is 6. The minimum absolute atomic E-state index is 0. The lowest BCUT2D eigenvalue weighted by molar-refractivity contribution is -0.0443. The van der Waals surface area contributed by atoms with Crippen LogP contribution in [0.1, 0.15) is 0 Å². The molecule has 0 aliphatic heterocycles. The van der Waals surface area contributed by atoms with E-state index in [1.54, 1.807) is 18.2 Å². The molecule has 5 N–H and O–H groups in total. The molecular weight excluding hydrogens is 1100 g/mol. The van der Waals surface area contributed by atoms with Gasteiger partial charge in [0, 0.05) is 15.6 Å². The van der Waals surface area contributed by atoms with Crippen LogP contribution in [0.5, 0.6) is 0 Å². The van der Waals surface area contributed by atoms with Crippen LogP contribution in [0.15, 0.2) is 114 Å². The number of halogens is 15. The Morgan fingerprint density at radius 3 is 1.12 bits per heavy atom. The van der Waals surface area contributed by atoms with Gasteiger partial charge in [-0.3, -0.25) is 0 Å². The summed E-state index contributed by atoms with van der Waals surface area (Å²) in [5, 5.41) is 4.60. The van der Waals surface area contributed by atoms with Crippen molar-refractivity contribution in [1.29, 1.82) is 0 Å². The highest BCUT2D eigenvalue weighted by Gasteiger charge is 2.50.